The average molecular weight is 547 g/mol. The van der Waals surface area contributed by atoms with Crippen molar-refractivity contribution in [3.63, 3.8) is 0 Å². The molecule has 12 heteroatoms. The Bertz CT molecular complexity index is 1530. The molecule has 202 valence electrons. The average Bonchev–Trinajstić information content (AvgIpc) is 3.62. The Hall–Kier alpha value is -2.96. The number of alkyl halides is 3. The summed E-state index contributed by atoms with van der Waals surface area (Å²) < 4.78 is 45.6. The molecule has 0 saturated carbocycles. The zero-order chi connectivity index (χ0) is 26.5. The van der Waals surface area contributed by atoms with Crippen LogP contribution in [0.4, 0.5) is 19.0 Å². The number of fused-ring (bicyclic) bond motifs is 2. The molecular weight excluding hydrogens is 517 g/mol. The predicted octanol–water partition coefficient (Wildman–Crippen LogP) is 4.19. The molecule has 2 aliphatic heterocycles. The van der Waals surface area contributed by atoms with Gasteiger partial charge in [0, 0.05) is 43.6 Å². The van der Waals surface area contributed by atoms with Crippen molar-refractivity contribution in [2.24, 2.45) is 5.41 Å². The molecule has 2 saturated heterocycles. The van der Waals surface area contributed by atoms with E-state index in [4.69, 9.17) is 4.74 Å². The number of nitrogens with one attached hydrogen (secondary N) is 1. The van der Waals surface area contributed by atoms with E-state index in [0.717, 1.165) is 79.3 Å². The minimum atomic E-state index is -4.24. The molecule has 6 rings (SSSR count). The standard InChI is InChI=1S/C26H29F3N6O2S/c1-37-9-8-35-21-3-2-17(10-20(21)32-24(35)36)13-33-6-4-25(14-33)5-7-34(15-25)22-19-11-18(12-26(27,28)29)38-23(19)31-16-30-22/h2-3,10-11,16H,4-9,12-15H2,1H3,(H,32,36). The van der Waals surface area contributed by atoms with Gasteiger partial charge in [-0.1, -0.05) is 6.07 Å². The van der Waals surface area contributed by atoms with Crippen LogP contribution in [-0.4, -0.2) is 70.5 Å². The first kappa shape index (κ1) is 25.3. The van der Waals surface area contributed by atoms with Crippen LogP contribution in [0, 0.1) is 5.41 Å². The molecule has 5 heterocycles. The molecule has 1 spiro atoms. The Morgan fingerprint density at radius 2 is 2.00 bits per heavy atom. The lowest BCUT2D eigenvalue weighted by Gasteiger charge is -2.25. The minimum absolute atomic E-state index is 0.129. The second-order valence-corrected chi connectivity index (χ2v) is 11.6. The molecule has 2 aliphatic rings. The number of nitrogens with zero attached hydrogens (tertiary/aromatic N) is 5. The monoisotopic (exact) mass is 546 g/mol. The van der Waals surface area contributed by atoms with Gasteiger partial charge in [-0.2, -0.15) is 13.2 Å². The van der Waals surface area contributed by atoms with E-state index in [-0.39, 0.29) is 16.0 Å². The van der Waals surface area contributed by atoms with Crippen LogP contribution < -0.4 is 10.6 Å². The van der Waals surface area contributed by atoms with Crippen molar-refractivity contribution in [1.82, 2.24) is 24.4 Å². The van der Waals surface area contributed by atoms with Gasteiger partial charge in [-0.05, 0) is 43.1 Å². The van der Waals surface area contributed by atoms with E-state index in [1.807, 2.05) is 6.07 Å². The van der Waals surface area contributed by atoms with Crippen molar-refractivity contribution < 1.29 is 17.9 Å². The van der Waals surface area contributed by atoms with E-state index in [2.05, 4.69) is 36.9 Å². The summed E-state index contributed by atoms with van der Waals surface area (Å²) in [6, 6.07) is 7.74. The smallest absolute Gasteiger partial charge is 0.383 e. The Morgan fingerprint density at radius 3 is 2.82 bits per heavy atom. The molecule has 1 unspecified atom stereocenters. The number of methoxy groups -OCH3 is 1. The summed E-state index contributed by atoms with van der Waals surface area (Å²) in [7, 11) is 1.62. The molecule has 3 aromatic heterocycles. The Labute approximate surface area is 221 Å². The molecule has 1 aromatic carbocycles. The number of likely N-dealkylation sites (tertiary alicyclic amines) is 1. The Balaban J connectivity index is 1.14. The minimum Gasteiger partial charge on any atom is -0.383 e. The van der Waals surface area contributed by atoms with E-state index in [9.17, 15) is 18.0 Å². The van der Waals surface area contributed by atoms with Gasteiger partial charge in [0.1, 0.15) is 17.0 Å². The van der Waals surface area contributed by atoms with Crippen LogP contribution in [0.5, 0.6) is 0 Å². The van der Waals surface area contributed by atoms with Gasteiger partial charge in [0.15, 0.2) is 0 Å². The largest absolute Gasteiger partial charge is 0.393 e. The summed E-state index contributed by atoms with van der Waals surface area (Å²) in [5, 5.41) is 0.711. The number of hydrogen-bond acceptors (Lipinski definition) is 7. The molecule has 4 aromatic rings. The first-order valence-corrected chi connectivity index (χ1v) is 13.5. The topological polar surface area (TPSA) is 79.3 Å². The van der Waals surface area contributed by atoms with Crippen molar-refractivity contribution in [2.45, 2.75) is 38.5 Å². The summed E-state index contributed by atoms with van der Waals surface area (Å²) >= 11 is 1.09. The maximum Gasteiger partial charge on any atom is 0.393 e. The molecule has 0 aliphatic carbocycles. The number of benzene rings is 1. The van der Waals surface area contributed by atoms with Gasteiger partial charge in [-0.15, -0.1) is 11.3 Å². The van der Waals surface area contributed by atoms with E-state index in [0.29, 0.717) is 23.4 Å². The fourth-order valence-electron chi connectivity index (χ4n) is 6.01. The van der Waals surface area contributed by atoms with Gasteiger partial charge in [0.2, 0.25) is 0 Å². The van der Waals surface area contributed by atoms with Crippen LogP contribution in [0.25, 0.3) is 21.3 Å². The highest BCUT2D eigenvalue weighted by molar-refractivity contribution is 7.18. The molecular formula is C26H29F3N6O2S. The highest BCUT2D eigenvalue weighted by Crippen LogP contribution is 2.43. The molecule has 38 heavy (non-hydrogen) atoms. The van der Waals surface area contributed by atoms with Crippen molar-refractivity contribution in [1.29, 1.82) is 0 Å². The molecule has 2 fully saturated rings. The highest BCUT2D eigenvalue weighted by Gasteiger charge is 2.44. The van der Waals surface area contributed by atoms with Gasteiger partial charge in [-0.25, -0.2) is 14.8 Å². The molecule has 0 bridgehead atoms. The Kier molecular flexibility index (Phi) is 6.43. The maximum absolute atomic E-state index is 12.9. The van der Waals surface area contributed by atoms with Crippen LogP contribution in [-0.2, 0) is 24.2 Å². The van der Waals surface area contributed by atoms with Crippen LogP contribution >= 0.6 is 11.3 Å². The number of H-pyrrole nitrogens is 1. The summed E-state index contributed by atoms with van der Waals surface area (Å²) in [5.41, 5.74) is 2.86. The number of anilines is 1. The number of thiophene rings is 1. The van der Waals surface area contributed by atoms with E-state index in [1.165, 1.54) is 6.33 Å². The number of hydrogen-bond donors (Lipinski definition) is 1. The van der Waals surface area contributed by atoms with Gasteiger partial charge < -0.3 is 14.6 Å². The summed E-state index contributed by atoms with van der Waals surface area (Å²) in [6.45, 7) is 5.36. The zero-order valence-electron chi connectivity index (χ0n) is 21.1. The fraction of sp³-hybridized carbons (Fsp3) is 0.500. The predicted molar refractivity (Wildman–Crippen MR) is 141 cm³/mol. The lowest BCUT2D eigenvalue weighted by Crippen LogP contribution is -2.31. The van der Waals surface area contributed by atoms with Crippen molar-refractivity contribution in [3.05, 3.63) is 51.5 Å². The Morgan fingerprint density at radius 1 is 1.16 bits per heavy atom. The quantitative estimate of drug-likeness (QED) is 0.375. The van der Waals surface area contributed by atoms with Crippen LogP contribution in [0.15, 0.2) is 35.4 Å². The van der Waals surface area contributed by atoms with Crippen LogP contribution in [0.2, 0.25) is 0 Å². The van der Waals surface area contributed by atoms with E-state index < -0.39 is 12.6 Å². The molecule has 1 N–H and O–H groups in total. The van der Waals surface area contributed by atoms with Gasteiger partial charge >= 0.3 is 11.9 Å². The lowest BCUT2D eigenvalue weighted by atomic mass is 9.86. The molecule has 1 atom stereocenters. The number of aromatic nitrogens is 4. The molecule has 8 nitrogen and oxygen atoms in total. The normalized spacial score (nSPS) is 20.6. The number of aromatic amines is 1. The van der Waals surface area contributed by atoms with Crippen LogP contribution in [0.1, 0.15) is 23.3 Å². The van der Waals surface area contributed by atoms with Gasteiger partial charge in [-0.3, -0.25) is 9.47 Å². The second kappa shape index (κ2) is 9.65. The summed E-state index contributed by atoms with van der Waals surface area (Å²) in [4.78, 5) is 29.6. The molecule has 0 radical (unpaired) electrons. The third-order valence-corrected chi connectivity index (χ3v) is 8.80. The first-order chi connectivity index (χ1) is 18.2. The number of rotatable bonds is 7. The number of imidazole rings is 1. The lowest BCUT2D eigenvalue weighted by molar-refractivity contribution is -0.126. The van der Waals surface area contributed by atoms with E-state index >= 15 is 0 Å². The number of halogens is 3. The first-order valence-electron chi connectivity index (χ1n) is 12.7. The van der Waals surface area contributed by atoms with Gasteiger partial charge in [0.05, 0.1) is 36.0 Å². The van der Waals surface area contributed by atoms with Crippen molar-refractivity contribution >= 4 is 38.4 Å². The maximum atomic E-state index is 12.9. The summed E-state index contributed by atoms with van der Waals surface area (Å²) in [6.07, 6.45) is -1.64. The zero-order valence-corrected chi connectivity index (χ0v) is 21.9. The third kappa shape index (κ3) is 4.92. The second-order valence-electron chi connectivity index (χ2n) is 10.5. The fourth-order valence-corrected chi connectivity index (χ4v) is 7.03. The SMILES string of the molecule is COCCn1c(=O)[nH]c2cc(CN3CCC4(CCN(c5ncnc6sc(CC(F)(F)F)cc56)C4)C3)ccc21. The number of ether oxygens (including phenoxy) is 1. The van der Waals surface area contributed by atoms with Crippen molar-refractivity contribution in [3.8, 4) is 0 Å². The van der Waals surface area contributed by atoms with Crippen molar-refractivity contribution in [2.75, 3.05) is 44.8 Å². The third-order valence-electron chi connectivity index (χ3n) is 7.75. The van der Waals surface area contributed by atoms with Gasteiger partial charge in [0.25, 0.3) is 0 Å². The summed E-state index contributed by atoms with van der Waals surface area (Å²) in [5.74, 6) is 0.738. The molecule has 0 amide bonds. The van der Waals surface area contributed by atoms with E-state index in [1.54, 1.807) is 17.7 Å². The van der Waals surface area contributed by atoms with Crippen LogP contribution in [0.3, 0.4) is 0 Å². The highest BCUT2D eigenvalue weighted by atomic mass is 32.1.